The van der Waals surface area contributed by atoms with Gasteiger partial charge in [-0.1, -0.05) is 13.8 Å². The van der Waals surface area contributed by atoms with Gasteiger partial charge in [0, 0.05) is 24.5 Å². The summed E-state index contributed by atoms with van der Waals surface area (Å²) >= 11 is 0. The molecule has 3 unspecified atom stereocenters. The number of hydrogen-bond donors (Lipinski definition) is 2. The molecule has 3 atom stereocenters. The summed E-state index contributed by atoms with van der Waals surface area (Å²) in [7, 11) is 0. The molecule has 0 bridgehead atoms. The number of nitrogens with two attached hydrogens (primary N) is 1. The molecule has 0 aromatic carbocycles. The number of nitrogens with one attached hydrogen (secondary N) is 1. The van der Waals surface area contributed by atoms with Crippen molar-refractivity contribution in [3.8, 4) is 0 Å². The molecule has 94 valence electrons. The second-order valence-electron chi connectivity index (χ2n) is 4.89. The summed E-state index contributed by atoms with van der Waals surface area (Å²) in [6, 6.07) is 0.230. The van der Waals surface area contributed by atoms with Gasteiger partial charge in [0.1, 0.15) is 0 Å². The fourth-order valence-corrected chi connectivity index (χ4v) is 2.03. The lowest BCUT2D eigenvalue weighted by atomic mass is 10.0. The first-order chi connectivity index (χ1) is 7.54. The van der Waals surface area contributed by atoms with Crippen molar-refractivity contribution >= 4 is 5.91 Å². The van der Waals surface area contributed by atoms with E-state index < -0.39 is 0 Å². The van der Waals surface area contributed by atoms with Gasteiger partial charge in [-0.25, -0.2) is 0 Å². The Morgan fingerprint density at radius 3 is 2.81 bits per heavy atom. The maximum Gasteiger partial charge on any atom is 0.224 e. The van der Waals surface area contributed by atoms with Gasteiger partial charge in [0.2, 0.25) is 5.91 Å². The van der Waals surface area contributed by atoms with Crippen molar-refractivity contribution in [2.45, 2.75) is 45.7 Å². The summed E-state index contributed by atoms with van der Waals surface area (Å²) < 4.78 is 0. The van der Waals surface area contributed by atoms with Gasteiger partial charge in [-0.05, 0) is 32.9 Å². The van der Waals surface area contributed by atoms with Gasteiger partial charge >= 0.3 is 0 Å². The number of nitrogens with zero attached hydrogens (tertiary/aromatic N) is 1. The molecule has 0 aromatic heterocycles. The van der Waals surface area contributed by atoms with Gasteiger partial charge in [0.25, 0.3) is 0 Å². The molecule has 4 heteroatoms. The SMILES string of the molecule is CCN1CCCC(NC(=O)C(C)C(C)N)C1. The normalized spacial score (nSPS) is 26.1. The molecule has 1 amide bonds. The van der Waals surface area contributed by atoms with Gasteiger partial charge in [-0.3, -0.25) is 4.79 Å². The monoisotopic (exact) mass is 227 g/mol. The zero-order valence-electron chi connectivity index (χ0n) is 10.7. The first-order valence-electron chi connectivity index (χ1n) is 6.33. The summed E-state index contributed by atoms with van der Waals surface area (Å²) in [6.45, 7) is 9.13. The molecule has 0 aromatic rings. The Bertz CT molecular complexity index is 230. The number of amides is 1. The highest BCUT2D eigenvalue weighted by atomic mass is 16.2. The standard InChI is InChI=1S/C12H25N3O/c1-4-15-7-5-6-11(8-15)14-12(16)9(2)10(3)13/h9-11H,4-8,13H2,1-3H3,(H,14,16). The molecule has 1 rings (SSSR count). The quantitative estimate of drug-likeness (QED) is 0.738. The lowest BCUT2D eigenvalue weighted by Gasteiger charge is -2.33. The Labute approximate surface area is 98.6 Å². The summed E-state index contributed by atoms with van der Waals surface area (Å²) in [6.07, 6.45) is 2.26. The van der Waals surface area contributed by atoms with E-state index in [0.29, 0.717) is 6.04 Å². The highest BCUT2D eigenvalue weighted by Gasteiger charge is 2.23. The predicted octanol–water partition coefficient (Wildman–Crippen LogP) is 0.570. The number of carbonyl (C=O) groups is 1. The summed E-state index contributed by atoms with van der Waals surface area (Å²) in [5.74, 6) is -0.00467. The highest BCUT2D eigenvalue weighted by Crippen LogP contribution is 2.10. The Kier molecular flexibility index (Phi) is 5.22. The molecule has 0 aliphatic carbocycles. The molecule has 1 saturated heterocycles. The zero-order valence-corrected chi connectivity index (χ0v) is 10.7. The van der Waals surface area contributed by atoms with Gasteiger partial charge in [0.15, 0.2) is 0 Å². The molecule has 0 saturated carbocycles. The van der Waals surface area contributed by atoms with E-state index in [0.717, 1.165) is 26.1 Å². The molecule has 4 nitrogen and oxygen atoms in total. The van der Waals surface area contributed by atoms with Crippen molar-refractivity contribution in [3.63, 3.8) is 0 Å². The van der Waals surface area contributed by atoms with E-state index in [1.54, 1.807) is 0 Å². The highest BCUT2D eigenvalue weighted by molar-refractivity contribution is 5.79. The van der Waals surface area contributed by atoms with Crippen LogP contribution < -0.4 is 11.1 Å². The van der Waals surface area contributed by atoms with E-state index in [4.69, 9.17) is 5.73 Å². The van der Waals surface area contributed by atoms with Crippen LogP contribution >= 0.6 is 0 Å². The molecule has 1 aliphatic rings. The lowest BCUT2D eigenvalue weighted by Crippen LogP contribution is -2.50. The number of likely N-dealkylation sites (tertiary alicyclic amines) is 1. The van der Waals surface area contributed by atoms with Crippen LogP contribution in [0.2, 0.25) is 0 Å². The number of carbonyl (C=O) groups excluding carboxylic acids is 1. The summed E-state index contributed by atoms with van der Waals surface area (Å²) in [5.41, 5.74) is 5.72. The number of rotatable bonds is 4. The average Bonchev–Trinajstić information content (AvgIpc) is 2.28. The second-order valence-corrected chi connectivity index (χ2v) is 4.89. The predicted molar refractivity (Wildman–Crippen MR) is 66.1 cm³/mol. The van der Waals surface area contributed by atoms with Crippen LogP contribution in [0.3, 0.4) is 0 Å². The third-order valence-corrected chi connectivity index (χ3v) is 3.50. The molecular weight excluding hydrogens is 202 g/mol. The molecule has 0 spiro atoms. The van der Waals surface area contributed by atoms with Crippen LogP contribution in [0.1, 0.15) is 33.6 Å². The Morgan fingerprint density at radius 1 is 1.56 bits per heavy atom. The van der Waals surface area contributed by atoms with Gasteiger partial charge in [-0.15, -0.1) is 0 Å². The Morgan fingerprint density at radius 2 is 2.25 bits per heavy atom. The van der Waals surface area contributed by atoms with E-state index in [9.17, 15) is 4.79 Å². The molecule has 1 aliphatic heterocycles. The van der Waals surface area contributed by atoms with Crippen molar-refractivity contribution in [3.05, 3.63) is 0 Å². The number of hydrogen-bond acceptors (Lipinski definition) is 3. The zero-order chi connectivity index (χ0) is 12.1. The molecular formula is C12H25N3O. The minimum absolute atomic E-state index is 0.0779. The van der Waals surface area contributed by atoms with Crippen LogP contribution in [0.5, 0.6) is 0 Å². The van der Waals surface area contributed by atoms with Crippen LogP contribution in [-0.2, 0) is 4.79 Å². The summed E-state index contributed by atoms with van der Waals surface area (Å²) in [4.78, 5) is 14.2. The largest absolute Gasteiger partial charge is 0.352 e. The van der Waals surface area contributed by atoms with Crippen molar-refractivity contribution in [2.24, 2.45) is 11.7 Å². The minimum atomic E-state index is -0.1000. The van der Waals surface area contributed by atoms with Gasteiger partial charge in [0.05, 0.1) is 0 Å². The smallest absolute Gasteiger partial charge is 0.224 e. The topological polar surface area (TPSA) is 58.4 Å². The van der Waals surface area contributed by atoms with Crippen LogP contribution in [0.25, 0.3) is 0 Å². The Balaban J connectivity index is 2.38. The first kappa shape index (κ1) is 13.5. The number of piperidine rings is 1. The number of likely N-dealkylation sites (N-methyl/N-ethyl adjacent to an activating group) is 1. The van der Waals surface area contributed by atoms with Crippen molar-refractivity contribution < 1.29 is 4.79 Å². The maximum absolute atomic E-state index is 11.8. The maximum atomic E-state index is 11.8. The van der Waals surface area contributed by atoms with Crippen LogP contribution in [0, 0.1) is 5.92 Å². The van der Waals surface area contributed by atoms with E-state index in [1.807, 2.05) is 13.8 Å². The van der Waals surface area contributed by atoms with Gasteiger partial charge < -0.3 is 16.0 Å². The molecule has 1 fully saturated rings. The van der Waals surface area contributed by atoms with Crippen molar-refractivity contribution in [1.82, 2.24) is 10.2 Å². The average molecular weight is 227 g/mol. The lowest BCUT2D eigenvalue weighted by molar-refractivity contribution is -0.126. The second kappa shape index (κ2) is 6.21. The third kappa shape index (κ3) is 3.76. The van der Waals surface area contributed by atoms with Crippen LogP contribution in [0.15, 0.2) is 0 Å². The fourth-order valence-electron chi connectivity index (χ4n) is 2.03. The van der Waals surface area contributed by atoms with Crippen molar-refractivity contribution in [2.75, 3.05) is 19.6 Å². The molecule has 16 heavy (non-hydrogen) atoms. The minimum Gasteiger partial charge on any atom is -0.352 e. The van der Waals surface area contributed by atoms with Crippen molar-refractivity contribution in [1.29, 1.82) is 0 Å². The van der Waals surface area contributed by atoms with E-state index in [1.165, 1.54) is 6.42 Å². The van der Waals surface area contributed by atoms with E-state index >= 15 is 0 Å². The van der Waals surface area contributed by atoms with E-state index in [-0.39, 0.29) is 17.9 Å². The van der Waals surface area contributed by atoms with Crippen LogP contribution in [-0.4, -0.2) is 42.5 Å². The molecule has 3 N–H and O–H groups in total. The first-order valence-corrected chi connectivity index (χ1v) is 6.33. The van der Waals surface area contributed by atoms with Crippen LogP contribution in [0.4, 0.5) is 0 Å². The van der Waals surface area contributed by atoms with E-state index in [2.05, 4.69) is 17.1 Å². The summed E-state index contributed by atoms with van der Waals surface area (Å²) in [5, 5.41) is 3.10. The Hall–Kier alpha value is -0.610. The third-order valence-electron chi connectivity index (χ3n) is 3.50. The molecule has 0 radical (unpaired) electrons. The fraction of sp³-hybridized carbons (Fsp3) is 0.917. The van der Waals surface area contributed by atoms with Gasteiger partial charge in [-0.2, -0.15) is 0 Å². The molecule has 1 heterocycles.